The quantitative estimate of drug-likeness (QED) is 0.888. The molecule has 1 aromatic carbocycles. The summed E-state index contributed by atoms with van der Waals surface area (Å²) in [4.78, 5) is 27.7. The van der Waals surface area contributed by atoms with Crippen molar-refractivity contribution in [2.75, 3.05) is 32.0 Å². The van der Waals surface area contributed by atoms with Gasteiger partial charge in [-0.3, -0.25) is 9.59 Å². The zero-order valence-electron chi connectivity index (χ0n) is 12.2. The van der Waals surface area contributed by atoms with E-state index in [1.54, 1.807) is 24.3 Å². The molecular formula is C15H21N3O2. The molecule has 1 heterocycles. The lowest BCUT2D eigenvalue weighted by Gasteiger charge is -2.38. The Kier molecular flexibility index (Phi) is 4.39. The molecule has 1 aliphatic heterocycles. The van der Waals surface area contributed by atoms with Crippen LogP contribution < -0.4 is 5.32 Å². The number of piperazine rings is 1. The Morgan fingerprint density at radius 3 is 2.70 bits per heavy atom. The van der Waals surface area contributed by atoms with Gasteiger partial charge in [0.15, 0.2) is 0 Å². The van der Waals surface area contributed by atoms with Crippen LogP contribution in [-0.2, 0) is 4.79 Å². The third kappa shape index (κ3) is 3.36. The minimum atomic E-state index is -0.137. The van der Waals surface area contributed by atoms with Crippen LogP contribution in [0, 0.1) is 0 Å². The van der Waals surface area contributed by atoms with Crippen LogP contribution in [0.3, 0.4) is 0 Å². The number of hydrogen-bond donors (Lipinski definition) is 1. The number of anilines is 1. The highest BCUT2D eigenvalue weighted by molar-refractivity contribution is 5.97. The van der Waals surface area contributed by atoms with Crippen molar-refractivity contribution >= 4 is 17.5 Å². The van der Waals surface area contributed by atoms with Gasteiger partial charge in [0.25, 0.3) is 5.91 Å². The molecule has 0 bridgehead atoms. The van der Waals surface area contributed by atoms with Crippen LogP contribution in [0.5, 0.6) is 0 Å². The lowest BCUT2D eigenvalue weighted by molar-refractivity contribution is -0.114. The summed E-state index contributed by atoms with van der Waals surface area (Å²) < 4.78 is 0. The molecule has 0 radical (unpaired) electrons. The first-order valence-electron chi connectivity index (χ1n) is 6.84. The molecule has 2 rings (SSSR count). The summed E-state index contributed by atoms with van der Waals surface area (Å²) in [6.07, 6.45) is 0. The van der Waals surface area contributed by atoms with Gasteiger partial charge in [-0.15, -0.1) is 0 Å². The van der Waals surface area contributed by atoms with Gasteiger partial charge in [0.05, 0.1) is 0 Å². The summed E-state index contributed by atoms with van der Waals surface area (Å²) in [7, 11) is 2.07. The van der Waals surface area contributed by atoms with Gasteiger partial charge < -0.3 is 15.1 Å². The van der Waals surface area contributed by atoms with E-state index in [2.05, 4.69) is 24.2 Å². The van der Waals surface area contributed by atoms with Crippen molar-refractivity contribution in [3.05, 3.63) is 29.8 Å². The van der Waals surface area contributed by atoms with E-state index in [0.717, 1.165) is 19.6 Å². The summed E-state index contributed by atoms with van der Waals surface area (Å²) in [5, 5.41) is 2.70. The second-order valence-electron chi connectivity index (χ2n) is 5.37. The van der Waals surface area contributed by atoms with Crippen LogP contribution in [0.1, 0.15) is 24.2 Å². The van der Waals surface area contributed by atoms with E-state index in [1.807, 2.05) is 4.90 Å². The van der Waals surface area contributed by atoms with Gasteiger partial charge in [0, 0.05) is 43.9 Å². The van der Waals surface area contributed by atoms with Crippen molar-refractivity contribution in [2.24, 2.45) is 0 Å². The van der Waals surface area contributed by atoms with Crippen LogP contribution in [0.2, 0.25) is 0 Å². The molecule has 108 valence electrons. The van der Waals surface area contributed by atoms with Crippen LogP contribution in [-0.4, -0.2) is 54.3 Å². The minimum Gasteiger partial charge on any atom is -0.333 e. The molecule has 1 atom stereocenters. The van der Waals surface area contributed by atoms with Crippen molar-refractivity contribution in [2.45, 2.75) is 19.9 Å². The van der Waals surface area contributed by atoms with E-state index in [1.165, 1.54) is 6.92 Å². The second-order valence-corrected chi connectivity index (χ2v) is 5.37. The maximum absolute atomic E-state index is 12.5. The number of nitrogens with one attached hydrogen (secondary N) is 1. The second kappa shape index (κ2) is 6.05. The summed E-state index contributed by atoms with van der Waals surface area (Å²) in [6, 6.07) is 7.30. The lowest BCUT2D eigenvalue weighted by atomic mass is 10.1. The Labute approximate surface area is 119 Å². The highest BCUT2D eigenvalue weighted by Crippen LogP contribution is 2.16. The first-order chi connectivity index (χ1) is 9.47. The SMILES string of the molecule is CC(=O)Nc1cccc(C(=O)N2CCN(C)CC2C)c1. The van der Waals surface area contributed by atoms with E-state index in [0.29, 0.717) is 11.3 Å². The number of likely N-dealkylation sites (N-methyl/N-ethyl adjacent to an activating group) is 1. The van der Waals surface area contributed by atoms with Crippen molar-refractivity contribution in [3.8, 4) is 0 Å². The molecule has 0 spiro atoms. The minimum absolute atomic E-state index is 0.0257. The maximum atomic E-state index is 12.5. The molecule has 0 saturated carbocycles. The average Bonchev–Trinajstić information content (AvgIpc) is 2.37. The number of hydrogen-bond acceptors (Lipinski definition) is 3. The first kappa shape index (κ1) is 14.5. The maximum Gasteiger partial charge on any atom is 0.254 e. The Morgan fingerprint density at radius 1 is 1.30 bits per heavy atom. The largest absolute Gasteiger partial charge is 0.333 e. The van der Waals surface area contributed by atoms with E-state index in [9.17, 15) is 9.59 Å². The van der Waals surface area contributed by atoms with Crippen molar-refractivity contribution < 1.29 is 9.59 Å². The molecule has 1 unspecified atom stereocenters. The van der Waals surface area contributed by atoms with Crippen molar-refractivity contribution in [1.29, 1.82) is 0 Å². The third-order valence-corrected chi connectivity index (χ3v) is 3.52. The molecule has 0 aromatic heterocycles. The summed E-state index contributed by atoms with van der Waals surface area (Å²) in [6.45, 7) is 6.03. The zero-order valence-corrected chi connectivity index (χ0v) is 12.2. The number of carbonyl (C=O) groups excluding carboxylic acids is 2. The predicted molar refractivity (Wildman–Crippen MR) is 78.7 cm³/mol. The highest BCUT2D eigenvalue weighted by atomic mass is 16.2. The zero-order chi connectivity index (χ0) is 14.7. The summed E-state index contributed by atoms with van der Waals surface area (Å²) in [5.41, 5.74) is 1.28. The lowest BCUT2D eigenvalue weighted by Crippen LogP contribution is -2.52. The van der Waals surface area contributed by atoms with Gasteiger partial charge in [0.2, 0.25) is 5.91 Å². The number of nitrogens with zero attached hydrogens (tertiary/aromatic N) is 2. The van der Waals surface area contributed by atoms with Gasteiger partial charge in [-0.2, -0.15) is 0 Å². The van der Waals surface area contributed by atoms with Crippen LogP contribution in [0.15, 0.2) is 24.3 Å². The fraction of sp³-hybridized carbons (Fsp3) is 0.467. The molecule has 2 amide bonds. The topological polar surface area (TPSA) is 52.7 Å². The number of benzene rings is 1. The molecule has 1 N–H and O–H groups in total. The van der Waals surface area contributed by atoms with Crippen molar-refractivity contribution in [1.82, 2.24) is 9.80 Å². The van der Waals surface area contributed by atoms with E-state index >= 15 is 0 Å². The third-order valence-electron chi connectivity index (χ3n) is 3.52. The summed E-state index contributed by atoms with van der Waals surface area (Å²) in [5.74, 6) is -0.111. The van der Waals surface area contributed by atoms with Gasteiger partial charge in [-0.1, -0.05) is 6.07 Å². The van der Waals surface area contributed by atoms with Gasteiger partial charge in [-0.05, 0) is 32.2 Å². The summed E-state index contributed by atoms with van der Waals surface area (Å²) >= 11 is 0. The molecule has 5 heteroatoms. The van der Waals surface area contributed by atoms with Crippen LogP contribution in [0.25, 0.3) is 0 Å². The van der Waals surface area contributed by atoms with Crippen molar-refractivity contribution in [3.63, 3.8) is 0 Å². The smallest absolute Gasteiger partial charge is 0.254 e. The predicted octanol–water partition coefficient (Wildman–Crippen LogP) is 1.42. The van der Waals surface area contributed by atoms with Gasteiger partial charge in [-0.25, -0.2) is 0 Å². The molecule has 1 aromatic rings. The molecular weight excluding hydrogens is 254 g/mol. The molecule has 1 fully saturated rings. The Balaban J connectivity index is 2.14. The fourth-order valence-electron chi connectivity index (χ4n) is 2.54. The normalized spacial score (nSPS) is 19.8. The molecule has 20 heavy (non-hydrogen) atoms. The van der Waals surface area contributed by atoms with Crippen LogP contribution >= 0.6 is 0 Å². The van der Waals surface area contributed by atoms with E-state index in [4.69, 9.17) is 0 Å². The van der Waals surface area contributed by atoms with E-state index < -0.39 is 0 Å². The van der Waals surface area contributed by atoms with Gasteiger partial charge in [0.1, 0.15) is 0 Å². The van der Waals surface area contributed by atoms with Crippen LogP contribution in [0.4, 0.5) is 5.69 Å². The first-order valence-corrected chi connectivity index (χ1v) is 6.84. The van der Waals surface area contributed by atoms with E-state index in [-0.39, 0.29) is 17.9 Å². The average molecular weight is 275 g/mol. The monoisotopic (exact) mass is 275 g/mol. The standard InChI is InChI=1S/C15H21N3O2/c1-11-10-17(3)7-8-18(11)15(20)13-5-4-6-14(9-13)16-12(2)19/h4-6,9,11H,7-8,10H2,1-3H3,(H,16,19). The Morgan fingerprint density at radius 2 is 2.05 bits per heavy atom. The van der Waals surface area contributed by atoms with Gasteiger partial charge >= 0.3 is 0 Å². The Hall–Kier alpha value is -1.88. The molecule has 0 aliphatic carbocycles. The Bertz CT molecular complexity index is 516. The molecule has 1 aliphatic rings. The number of carbonyl (C=O) groups is 2. The number of amides is 2. The molecule has 5 nitrogen and oxygen atoms in total. The number of rotatable bonds is 2. The molecule has 1 saturated heterocycles. The highest BCUT2D eigenvalue weighted by Gasteiger charge is 2.26. The fourth-order valence-corrected chi connectivity index (χ4v) is 2.54.